The monoisotopic (exact) mass is 1090 g/mol. The van der Waals surface area contributed by atoms with Crippen LogP contribution in [0.4, 0.5) is 11.5 Å². The van der Waals surface area contributed by atoms with Gasteiger partial charge in [0.25, 0.3) is 0 Å². The fraction of sp³-hybridized carbons (Fsp3) is 0.0986. The zero-order valence-electron chi connectivity index (χ0n) is 45.0. The summed E-state index contributed by atoms with van der Waals surface area (Å²) in [7, 11) is 0. The van der Waals surface area contributed by atoms with Crippen molar-refractivity contribution in [3.8, 4) is 24.1 Å². The van der Waals surface area contributed by atoms with Gasteiger partial charge in [-0.15, -0.1) is 46.9 Å². The van der Waals surface area contributed by atoms with Gasteiger partial charge in [0.15, 0.2) is 0 Å². The molecule has 0 amide bonds. The standard InChI is InChI=1S/C54H40N4S3.C13H10S.C2H6.C2H2/c1-4-13-34(35-23-26-52-45(29-35)42-17-8-11-21-51(42)61-52)27-38-33-60-50-25-24-36(30-43(38)50)46-18-12-22-53(55-46)57-39-28-37(40-15-6-9-19-47(40)57)31-44-41-16-7-10-20-48(41)58(49(44)32-39)54(14-5-2)56-59-3;1-9-6-7-13-11(8-9)10-4-2-3-5-12(10)14-13;2*1-2/h4-33,37H,1-3H3;2-8H,1H3;1-2H3;1-2H/b13-4-,14-5-,34-27+,56-54-;;;. The summed E-state index contributed by atoms with van der Waals surface area (Å²) in [6.07, 6.45) is 28.0. The van der Waals surface area contributed by atoms with Crippen molar-refractivity contribution in [1.82, 2.24) is 9.55 Å². The minimum atomic E-state index is 0.0940. The van der Waals surface area contributed by atoms with Crippen molar-refractivity contribution < 1.29 is 0 Å². The lowest BCUT2D eigenvalue weighted by Crippen LogP contribution is -2.33. The molecule has 386 valence electrons. The van der Waals surface area contributed by atoms with Crippen molar-refractivity contribution in [2.75, 3.05) is 11.2 Å². The molecule has 1 atom stereocenters. The highest BCUT2D eigenvalue weighted by atomic mass is 32.2. The second-order valence-electron chi connectivity index (χ2n) is 18.9. The molecule has 1 unspecified atom stereocenters. The van der Waals surface area contributed by atoms with Gasteiger partial charge in [-0.25, -0.2) is 4.98 Å². The van der Waals surface area contributed by atoms with E-state index in [-0.39, 0.29) is 5.92 Å². The summed E-state index contributed by atoms with van der Waals surface area (Å²) in [6, 6.07) is 61.5. The van der Waals surface area contributed by atoms with Gasteiger partial charge in [0.05, 0.1) is 22.2 Å². The van der Waals surface area contributed by atoms with E-state index in [9.17, 15) is 0 Å². The first-order valence-corrected chi connectivity index (χ1v) is 30.3. The van der Waals surface area contributed by atoms with Crippen LogP contribution >= 0.6 is 46.0 Å². The number of aryl methyl sites for hydroxylation is 1. The lowest BCUT2D eigenvalue weighted by molar-refractivity contribution is 1.02. The number of hydrogen-bond acceptors (Lipinski definition) is 7. The van der Waals surface area contributed by atoms with E-state index in [4.69, 9.17) is 9.38 Å². The van der Waals surface area contributed by atoms with Crippen LogP contribution in [-0.2, 0) is 0 Å². The van der Waals surface area contributed by atoms with Crippen molar-refractivity contribution in [3.05, 3.63) is 244 Å². The maximum Gasteiger partial charge on any atom is 0.145 e. The first-order valence-electron chi connectivity index (χ1n) is 26.6. The normalized spacial score (nSPS) is 14.0. The molecule has 1 aliphatic heterocycles. The Labute approximate surface area is 478 Å². The number of anilines is 2. The van der Waals surface area contributed by atoms with Gasteiger partial charge < -0.3 is 0 Å². The molecule has 1 aliphatic carbocycles. The highest BCUT2D eigenvalue weighted by Gasteiger charge is 2.29. The molecule has 79 heavy (non-hydrogen) atoms. The van der Waals surface area contributed by atoms with Gasteiger partial charge in [-0.2, -0.15) is 4.40 Å². The second kappa shape index (κ2) is 23.4. The van der Waals surface area contributed by atoms with Crippen molar-refractivity contribution in [2.24, 2.45) is 4.40 Å². The number of nitrogens with zero attached hydrogens (tertiary/aromatic N) is 4. The SMILES string of the molecule is C#C.C/C=C\C(=N\SC)n1c2c(c3ccccc31)=CC1C=C(C=2)N(c2cccc(-c3ccc4scc(/C=C(\C=C/C)c5ccc6sc7ccccc7c6c5)c4c3)n2)c2ccccc21.CC.Cc1ccc2sc3ccccc3c2c1. The van der Waals surface area contributed by atoms with Gasteiger partial charge in [0, 0.05) is 84.5 Å². The van der Waals surface area contributed by atoms with Crippen LogP contribution in [0.3, 0.4) is 0 Å². The molecule has 0 radical (unpaired) electrons. The Morgan fingerprint density at radius 2 is 1.29 bits per heavy atom. The molecule has 4 nitrogen and oxygen atoms in total. The van der Waals surface area contributed by atoms with Crippen molar-refractivity contribution in [2.45, 2.75) is 40.5 Å². The molecule has 8 heteroatoms. The van der Waals surface area contributed by atoms with Crippen LogP contribution in [0.1, 0.15) is 55.9 Å². The molecule has 0 fully saturated rings. The molecule has 0 saturated heterocycles. The number of terminal acetylenes is 1. The summed E-state index contributed by atoms with van der Waals surface area (Å²) >= 11 is 6.99. The van der Waals surface area contributed by atoms with E-state index < -0.39 is 0 Å². The summed E-state index contributed by atoms with van der Waals surface area (Å²) < 4.78 is 13.9. The van der Waals surface area contributed by atoms with E-state index in [2.05, 4.69) is 260 Å². The van der Waals surface area contributed by atoms with Gasteiger partial charge in [-0.3, -0.25) is 9.47 Å². The Morgan fingerprint density at radius 3 is 2.04 bits per heavy atom. The molecule has 0 spiro atoms. The minimum Gasteiger partial charge on any atom is -0.295 e. The molecule has 14 rings (SSSR count). The number of para-hydroxylation sites is 2. The van der Waals surface area contributed by atoms with E-state index in [0.29, 0.717) is 0 Å². The summed E-state index contributed by atoms with van der Waals surface area (Å²) in [6.45, 7) is 10.3. The summed E-state index contributed by atoms with van der Waals surface area (Å²) in [5.74, 6) is 1.86. The molecule has 2 aliphatic rings. The number of rotatable bonds is 7. The zero-order valence-corrected chi connectivity index (χ0v) is 48.3. The number of benzene rings is 7. The third-order valence-electron chi connectivity index (χ3n) is 14.2. The quantitative estimate of drug-likeness (QED) is 0.0524. The number of hydrogen-bond donors (Lipinski definition) is 0. The number of aromatic nitrogens is 2. The molecular formula is C71H58N4S4. The molecule has 0 N–H and O–H groups in total. The van der Waals surface area contributed by atoms with Gasteiger partial charge in [0.2, 0.25) is 0 Å². The fourth-order valence-corrected chi connectivity index (χ4v) is 14.3. The van der Waals surface area contributed by atoms with E-state index in [0.717, 1.165) is 45.2 Å². The predicted octanol–water partition coefficient (Wildman–Crippen LogP) is 19.5. The predicted molar refractivity (Wildman–Crippen MR) is 353 cm³/mol. The number of thiophene rings is 3. The van der Waals surface area contributed by atoms with Gasteiger partial charge in [-0.05, 0) is 157 Å². The minimum absolute atomic E-state index is 0.0940. The van der Waals surface area contributed by atoms with Crippen molar-refractivity contribution in [3.63, 3.8) is 0 Å². The Kier molecular flexibility index (Phi) is 15.6. The highest BCUT2D eigenvalue weighted by molar-refractivity contribution is 7.97. The summed E-state index contributed by atoms with van der Waals surface area (Å²) in [5.41, 5.74) is 11.6. The first kappa shape index (κ1) is 52.7. The van der Waals surface area contributed by atoms with Gasteiger partial charge >= 0.3 is 0 Å². The zero-order chi connectivity index (χ0) is 54.6. The topological polar surface area (TPSA) is 33.4 Å². The van der Waals surface area contributed by atoms with E-state index in [1.54, 1.807) is 11.3 Å². The number of fused-ring (bicyclic) bond motifs is 13. The van der Waals surface area contributed by atoms with E-state index >= 15 is 0 Å². The lowest BCUT2D eigenvalue weighted by atomic mass is 9.91. The van der Waals surface area contributed by atoms with E-state index in [1.165, 1.54) is 101 Å². The Morgan fingerprint density at radius 1 is 0.633 bits per heavy atom. The Bertz CT molecular complexity index is 4590. The third kappa shape index (κ3) is 10.0. The van der Waals surface area contributed by atoms with Crippen LogP contribution < -0.4 is 15.5 Å². The maximum atomic E-state index is 5.45. The van der Waals surface area contributed by atoms with Gasteiger partial charge in [0.1, 0.15) is 11.7 Å². The van der Waals surface area contributed by atoms with Crippen LogP contribution in [0.15, 0.2) is 216 Å². The Balaban J connectivity index is 0.000000313. The van der Waals surface area contributed by atoms with Gasteiger partial charge in [-0.1, -0.05) is 141 Å². The van der Waals surface area contributed by atoms with Crippen molar-refractivity contribution in [1.29, 1.82) is 0 Å². The summed E-state index contributed by atoms with van der Waals surface area (Å²) in [5, 5.41) is 12.5. The van der Waals surface area contributed by atoms with Crippen molar-refractivity contribution >= 4 is 148 Å². The average Bonchev–Trinajstić information content (AvgIpc) is 4.46. The third-order valence-corrected chi connectivity index (χ3v) is 17.9. The molecule has 5 aromatic heterocycles. The Hall–Kier alpha value is -8.29. The molecule has 2 bridgehead atoms. The number of allylic oxidation sites excluding steroid dienone is 7. The summed E-state index contributed by atoms with van der Waals surface area (Å²) in [4.78, 5) is 7.78. The lowest BCUT2D eigenvalue weighted by Gasteiger charge is -2.33. The highest BCUT2D eigenvalue weighted by Crippen LogP contribution is 2.44. The van der Waals surface area contributed by atoms with Crippen LogP contribution in [0.2, 0.25) is 0 Å². The smallest absolute Gasteiger partial charge is 0.145 e. The largest absolute Gasteiger partial charge is 0.295 e. The first-order chi connectivity index (χ1) is 38.9. The molecule has 12 aromatic rings. The molecule has 0 saturated carbocycles. The molecule has 7 aromatic carbocycles. The van der Waals surface area contributed by atoms with Crippen LogP contribution in [0.5, 0.6) is 0 Å². The molecular weight excluding hydrogens is 1040 g/mol. The van der Waals surface area contributed by atoms with Crippen LogP contribution in [0.25, 0.3) is 96.4 Å². The van der Waals surface area contributed by atoms with Crippen LogP contribution in [0, 0.1) is 19.8 Å². The maximum absolute atomic E-state index is 5.45. The van der Waals surface area contributed by atoms with E-state index in [1.807, 2.05) is 49.7 Å². The number of pyridine rings is 1. The fourth-order valence-electron chi connectivity index (χ4n) is 10.9. The average molecular weight is 1100 g/mol. The second-order valence-corrected chi connectivity index (χ2v) is 22.5. The molecule has 6 heterocycles. The van der Waals surface area contributed by atoms with Crippen LogP contribution in [-0.4, -0.2) is 21.6 Å².